The summed E-state index contributed by atoms with van der Waals surface area (Å²) < 4.78 is 4.71. The molecule has 0 saturated heterocycles. The second kappa shape index (κ2) is 3.38. The summed E-state index contributed by atoms with van der Waals surface area (Å²) in [4.78, 5) is 10.8. The van der Waals surface area contributed by atoms with Gasteiger partial charge in [-0.2, -0.15) is 0 Å². The van der Waals surface area contributed by atoms with Crippen molar-refractivity contribution in [3.05, 3.63) is 28.3 Å². The Kier molecular flexibility index (Phi) is 2.47. The largest absolute Gasteiger partial charge is 0.502 e. The first-order valence-corrected chi connectivity index (χ1v) is 3.35. The fourth-order valence-corrected chi connectivity index (χ4v) is 0.710. The van der Waals surface area contributed by atoms with Crippen molar-refractivity contribution < 1.29 is 14.6 Å². The van der Waals surface area contributed by atoms with Gasteiger partial charge in [0.05, 0.1) is 0 Å². The molecule has 1 atom stereocenters. The molecule has 0 aromatic carbocycles. The molecule has 5 heteroatoms. The average molecular weight is 171 g/mol. The predicted octanol–water partition coefficient (Wildman–Crippen LogP) is -0.663. The van der Waals surface area contributed by atoms with Crippen molar-refractivity contribution in [3.63, 3.8) is 0 Å². The third-order valence-corrected chi connectivity index (χ3v) is 1.38. The Hall–Kier alpha value is -1.33. The zero-order chi connectivity index (χ0) is 9.14. The summed E-state index contributed by atoms with van der Waals surface area (Å²) in [6.45, 7) is -0.0340. The highest BCUT2D eigenvalue weighted by molar-refractivity contribution is 5.16. The minimum atomic E-state index is -1.00. The van der Waals surface area contributed by atoms with E-state index in [2.05, 4.69) is 0 Å². The molecule has 0 aliphatic carbocycles. The average Bonchev–Trinajstić information content (AvgIpc) is 2.08. The lowest BCUT2D eigenvalue weighted by Crippen LogP contribution is -2.13. The molecule has 4 N–H and O–H groups in total. The first-order chi connectivity index (χ1) is 5.65. The van der Waals surface area contributed by atoms with Crippen LogP contribution in [0.4, 0.5) is 0 Å². The van der Waals surface area contributed by atoms with Gasteiger partial charge in [-0.3, -0.25) is 4.79 Å². The molecule has 1 aromatic rings. The van der Waals surface area contributed by atoms with E-state index in [4.69, 9.17) is 20.4 Å². The van der Waals surface area contributed by atoms with Gasteiger partial charge in [-0.05, 0) is 0 Å². The first-order valence-electron chi connectivity index (χ1n) is 3.35. The maximum absolute atomic E-state index is 10.8. The molecule has 0 bridgehead atoms. The van der Waals surface area contributed by atoms with E-state index in [-0.39, 0.29) is 12.3 Å². The van der Waals surface area contributed by atoms with Crippen molar-refractivity contribution in [1.82, 2.24) is 0 Å². The third-order valence-electron chi connectivity index (χ3n) is 1.38. The van der Waals surface area contributed by atoms with Crippen LogP contribution in [0.25, 0.3) is 0 Å². The van der Waals surface area contributed by atoms with E-state index in [1.807, 2.05) is 0 Å². The van der Waals surface area contributed by atoms with Crippen LogP contribution in [0, 0.1) is 0 Å². The van der Waals surface area contributed by atoms with Crippen LogP contribution in [0.5, 0.6) is 5.75 Å². The number of nitrogens with two attached hydrogens (primary N) is 1. The van der Waals surface area contributed by atoms with Crippen molar-refractivity contribution >= 4 is 0 Å². The molecule has 5 nitrogen and oxygen atoms in total. The molecule has 0 aliphatic heterocycles. The van der Waals surface area contributed by atoms with E-state index in [9.17, 15) is 4.79 Å². The zero-order valence-corrected chi connectivity index (χ0v) is 6.23. The lowest BCUT2D eigenvalue weighted by atomic mass is 10.2. The van der Waals surface area contributed by atoms with Gasteiger partial charge in [0.2, 0.25) is 5.43 Å². The van der Waals surface area contributed by atoms with E-state index in [1.54, 1.807) is 0 Å². The molecule has 0 spiro atoms. The summed E-state index contributed by atoms with van der Waals surface area (Å²) in [5, 5.41) is 17.9. The second-order valence-electron chi connectivity index (χ2n) is 2.28. The van der Waals surface area contributed by atoms with Crippen LogP contribution in [0.15, 0.2) is 21.5 Å². The summed E-state index contributed by atoms with van der Waals surface area (Å²) in [5.74, 6) is -0.428. The number of hydrogen-bond acceptors (Lipinski definition) is 5. The second-order valence-corrected chi connectivity index (χ2v) is 2.28. The van der Waals surface area contributed by atoms with Crippen molar-refractivity contribution in [2.45, 2.75) is 6.10 Å². The normalized spacial score (nSPS) is 12.8. The Labute approximate surface area is 68.1 Å². The van der Waals surface area contributed by atoms with Gasteiger partial charge in [-0.15, -0.1) is 0 Å². The van der Waals surface area contributed by atoms with Crippen LogP contribution in [-0.2, 0) is 0 Å². The number of aliphatic hydroxyl groups excluding tert-OH is 1. The van der Waals surface area contributed by atoms with Gasteiger partial charge in [0.25, 0.3) is 0 Å². The van der Waals surface area contributed by atoms with Gasteiger partial charge in [0.1, 0.15) is 18.1 Å². The summed E-state index contributed by atoms with van der Waals surface area (Å²) in [7, 11) is 0. The Morgan fingerprint density at radius 3 is 2.83 bits per heavy atom. The van der Waals surface area contributed by atoms with Crippen LogP contribution in [-0.4, -0.2) is 16.8 Å². The van der Waals surface area contributed by atoms with Crippen molar-refractivity contribution in [3.8, 4) is 5.75 Å². The number of hydrogen-bond donors (Lipinski definition) is 3. The SMILES string of the molecule is NCC(O)c1cc(=O)c(O)co1. The highest BCUT2D eigenvalue weighted by Gasteiger charge is 2.09. The molecule has 1 heterocycles. The standard InChI is InChI=1S/C7H9NO4/c8-2-5(10)7-1-4(9)6(11)3-12-7/h1,3,5,10-11H,2,8H2. The fourth-order valence-electron chi connectivity index (χ4n) is 0.710. The Morgan fingerprint density at radius 2 is 2.33 bits per heavy atom. The van der Waals surface area contributed by atoms with Crippen molar-refractivity contribution in [2.75, 3.05) is 6.54 Å². The molecule has 12 heavy (non-hydrogen) atoms. The summed E-state index contributed by atoms with van der Waals surface area (Å²) in [6, 6.07) is 1.01. The molecular weight excluding hydrogens is 162 g/mol. The Balaban J connectivity index is 3.05. The van der Waals surface area contributed by atoms with Crippen molar-refractivity contribution in [1.29, 1.82) is 0 Å². The highest BCUT2D eigenvalue weighted by Crippen LogP contribution is 2.11. The molecular formula is C7H9NO4. The van der Waals surface area contributed by atoms with E-state index in [0.717, 1.165) is 12.3 Å². The van der Waals surface area contributed by atoms with Gasteiger partial charge in [-0.25, -0.2) is 0 Å². The summed E-state index contributed by atoms with van der Waals surface area (Å²) in [5.41, 5.74) is 4.52. The molecule has 1 aromatic heterocycles. The monoisotopic (exact) mass is 171 g/mol. The third kappa shape index (κ3) is 1.63. The minimum absolute atomic E-state index is 0.0340. The number of rotatable bonds is 2. The van der Waals surface area contributed by atoms with Crippen LogP contribution in [0.2, 0.25) is 0 Å². The predicted molar refractivity (Wildman–Crippen MR) is 40.7 cm³/mol. The molecule has 1 unspecified atom stereocenters. The van der Waals surface area contributed by atoms with Crippen LogP contribution < -0.4 is 11.2 Å². The summed E-state index contributed by atoms with van der Waals surface area (Å²) >= 11 is 0. The van der Waals surface area contributed by atoms with Gasteiger partial charge in [0, 0.05) is 12.6 Å². The van der Waals surface area contributed by atoms with E-state index in [1.165, 1.54) is 0 Å². The molecule has 1 rings (SSSR count). The summed E-state index contributed by atoms with van der Waals surface area (Å²) in [6.07, 6.45) is -0.130. The molecule has 66 valence electrons. The molecule has 0 radical (unpaired) electrons. The van der Waals surface area contributed by atoms with E-state index >= 15 is 0 Å². The molecule has 0 fully saturated rings. The Morgan fingerprint density at radius 1 is 1.67 bits per heavy atom. The topological polar surface area (TPSA) is 96.7 Å². The quantitative estimate of drug-likeness (QED) is 0.548. The zero-order valence-electron chi connectivity index (χ0n) is 6.23. The number of aliphatic hydroxyl groups is 1. The van der Waals surface area contributed by atoms with E-state index in [0.29, 0.717) is 0 Å². The van der Waals surface area contributed by atoms with Gasteiger partial charge >= 0.3 is 0 Å². The lowest BCUT2D eigenvalue weighted by Gasteiger charge is -2.04. The van der Waals surface area contributed by atoms with Crippen LogP contribution >= 0.6 is 0 Å². The highest BCUT2D eigenvalue weighted by atomic mass is 16.4. The number of aromatic hydroxyl groups is 1. The van der Waals surface area contributed by atoms with E-state index < -0.39 is 17.3 Å². The van der Waals surface area contributed by atoms with Crippen molar-refractivity contribution in [2.24, 2.45) is 5.73 Å². The smallest absolute Gasteiger partial charge is 0.226 e. The van der Waals surface area contributed by atoms with Crippen LogP contribution in [0.1, 0.15) is 11.9 Å². The minimum Gasteiger partial charge on any atom is -0.502 e. The molecule has 0 amide bonds. The molecule has 0 aliphatic rings. The molecule has 0 saturated carbocycles. The van der Waals surface area contributed by atoms with Gasteiger partial charge in [-0.1, -0.05) is 0 Å². The Bertz CT molecular complexity index is 319. The lowest BCUT2D eigenvalue weighted by molar-refractivity contribution is 0.154. The first kappa shape index (κ1) is 8.76. The maximum atomic E-state index is 10.8. The van der Waals surface area contributed by atoms with Gasteiger partial charge in [0.15, 0.2) is 5.75 Å². The van der Waals surface area contributed by atoms with Gasteiger partial charge < -0.3 is 20.4 Å². The maximum Gasteiger partial charge on any atom is 0.226 e. The fraction of sp³-hybridized carbons (Fsp3) is 0.286. The van der Waals surface area contributed by atoms with Crippen LogP contribution in [0.3, 0.4) is 0 Å².